The van der Waals surface area contributed by atoms with Crippen molar-refractivity contribution < 1.29 is 9.59 Å². The molecule has 0 aromatic carbocycles. The van der Waals surface area contributed by atoms with Gasteiger partial charge in [0.1, 0.15) is 0 Å². The number of carbonyl (C=O) groups excluding carboxylic acids is 2. The summed E-state index contributed by atoms with van der Waals surface area (Å²) in [6.07, 6.45) is 5.89. The zero-order valence-corrected chi connectivity index (χ0v) is 11.5. The van der Waals surface area contributed by atoms with Gasteiger partial charge in [-0.15, -0.1) is 0 Å². The minimum atomic E-state index is 0.0171. The van der Waals surface area contributed by atoms with Gasteiger partial charge in [-0.05, 0) is 31.6 Å². The molecule has 0 saturated carbocycles. The highest BCUT2D eigenvalue weighted by Gasteiger charge is 2.35. The molecule has 3 heterocycles. The third kappa shape index (κ3) is 2.91. The van der Waals surface area contributed by atoms with Crippen molar-refractivity contribution in [1.82, 2.24) is 15.5 Å². The second-order valence-electron chi connectivity index (χ2n) is 6.42. The second kappa shape index (κ2) is 5.12. The third-order valence-electron chi connectivity index (χ3n) is 4.75. The summed E-state index contributed by atoms with van der Waals surface area (Å²) in [5, 5.41) is 6.61. The van der Waals surface area contributed by atoms with E-state index in [4.69, 9.17) is 0 Å². The first kappa shape index (κ1) is 12.9. The normalized spacial score (nSPS) is 37.7. The van der Waals surface area contributed by atoms with Crippen LogP contribution in [0.25, 0.3) is 0 Å². The molecule has 0 aliphatic carbocycles. The maximum Gasteiger partial charge on any atom is 0.224 e. The van der Waals surface area contributed by atoms with E-state index in [-0.39, 0.29) is 17.9 Å². The zero-order valence-electron chi connectivity index (χ0n) is 11.5. The first-order valence-electron chi connectivity index (χ1n) is 7.39. The van der Waals surface area contributed by atoms with Gasteiger partial charge in [0.05, 0.1) is 6.04 Å². The van der Waals surface area contributed by atoms with Crippen LogP contribution in [0.15, 0.2) is 0 Å². The van der Waals surface area contributed by atoms with Gasteiger partial charge in [0.25, 0.3) is 0 Å². The molecule has 2 bridgehead atoms. The summed E-state index contributed by atoms with van der Waals surface area (Å²) in [6.45, 7) is 0.655. The van der Waals surface area contributed by atoms with Crippen LogP contribution in [0.1, 0.15) is 38.5 Å². The van der Waals surface area contributed by atoms with Gasteiger partial charge >= 0.3 is 0 Å². The van der Waals surface area contributed by atoms with Crippen LogP contribution in [0, 0.1) is 5.92 Å². The fraction of sp³-hybridized carbons (Fsp3) is 0.857. The lowest BCUT2D eigenvalue weighted by Gasteiger charge is -2.28. The van der Waals surface area contributed by atoms with Gasteiger partial charge < -0.3 is 15.5 Å². The van der Waals surface area contributed by atoms with E-state index < -0.39 is 0 Å². The van der Waals surface area contributed by atoms with Crippen LogP contribution in [0.4, 0.5) is 0 Å². The number of nitrogens with zero attached hydrogens (tertiary/aromatic N) is 1. The minimum absolute atomic E-state index is 0.0171. The SMILES string of the molecule is CN1CC(NC(=O)CC2CC3CCC(C2)N3)CC1=O. The van der Waals surface area contributed by atoms with Crippen molar-refractivity contribution in [2.75, 3.05) is 13.6 Å². The number of piperidine rings is 1. The quantitative estimate of drug-likeness (QED) is 0.769. The van der Waals surface area contributed by atoms with Gasteiger partial charge in [-0.3, -0.25) is 9.59 Å². The van der Waals surface area contributed by atoms with Gasteiger partial charge in [0.2, 0.25) is 11.8 Å². The first-order valence-corrected chi connectivity index (χ1v) is 7.39. The van der Waals surface area contributed by atoms with Gasteiger partial charge in [-0.2, -0.15) is 0 Å². The standard InChI is InChI=1S/C14H23N3O2/c1-17-8-12(7-14(17)19)16-13(18)6-9-4-10-2-3-11(5-9)15-10/h9-12,15H,2-8H2,1H3,(H,16,18). The van der Waals surface area contributed by atoms with E-state index in [9.17, 15) is 9.59 Å². The number of likely N-dealkylation sites (tertiary alicyclic amines) is 1. The predicted molar refractivity (Wildman–Crippen MR) is 71.5 cm³/mol. The molecule has 3 saturated heterocycles. The summed E-state index contributed by atoms with van der Waals surface area (Å²) >= 11 is 0. The third-order valence-corrected chi connectivity index (χ3v) is 4.75. The van der Waals surface area contributed by atoms with Crippen LogP contribution in [-0.4, -0.2) is 48.4 Å². The van der Waals surface area contributed by atoms with E-state index in [1.54, 1.807) is 11.9 Å². The Morgan fingerprint density at radius 2 is 2.05 bits per heavy atom. The smallest absolute Gasteiger partial charge is 0.224 e. The Bertz CT molecular complexity index is 373. The monoisotopic (exact) mass is 265 g/mol. The number of fused-ring (bicyclic) bond motifs is 2. The fourth-order valence-corrected chi connectivity index (χ4v) is 3.85. The van der Waals surface area contributed by atoms with Crippen molar-refractivity contribution in [3.05, 3.63) is 0 Å². The Balaban J connectivity index is 1.45. The zero-order chi connectivity index (χ0) is 13.4. The molecule has 2 N–H and O–H groups in total. The maximum absolute atomic E-state index is 12.1. The van der Waals surface area contributed by atoms with Crippen LogP contribution in [0.5, 0.6) is 0 Å². The number of amides is 2. The summed E-state index contributed by atoms with van der Waals surface area (Å²) in [5.41, 5.74) is 0. The molecule has 19 heavy (non-hydrogen) atoms. The Hall–Kier alpha value is -1.10. The molecular weight excluding hydrogens is 242 g/mol. The number of hydrogen-bond acceptors (Lipinski definition) is 3. The molecule has 3 rings (SSSR count). The van der Waals surface area contributed by atoms with E-state index in [1.165, 1.54) is 12.8 Å². The van der Waals surface area contributed by atoms with E-state index in [0.717, 1.165) is 12.8 Å². The van der Waals surface area contributed by atoms with Crippen molar-refractivity contribution in [2.24, 2.45) is 5.92 Å². The van der Waals surface area contributed by atoms with Crippen molar-refractivity contribution >= 4 is 11.8 Å². The molecule has 0 aromatic heterocycles. The Labute approximate surface area is 114 Å². The Morgan fingerprint density at radius 3 is 2.63 bits per heavy atom. The number of hydrogen-bond donors (Lipinski definition) is 2. The fourth-order valence-electron chi connectivity index (χ4n) is 3.85. The largest absolute Gasteiger partial charge is 0.351 e. The van der Waals surface area contributed by atoms with Gasteiger partial charge in [0.15, 0.2) is 0 Å². The molecule has 5 heteroatoms. The molecule has 2 amide bonds. The molecule has 0 aromatic rings. The van der Waals surface area contributed by atoms with E-state index in [1.807, 2.05) is 0 Å². The maximum atomic E-state index is 12.1. The summed E-state index contributed by atoms with van der Waals surface area (Å²) < 4.78 is 0. The molecule has 3 aliphatic rings. The van der Waals surface area contributed by atoms with Crippen LogP contribution in [0.3, 0.4) is 0 Å². The molecule has 3 aliphatic heterocycles. The molecule has 106 valence electrons. The lowest BCUT2D eigenvalue weighted by atomic mass is 9.89. The lowest BCUT2D eigenvalue weighted by Crippen LogP contribution is -2.41. The average Bonchev–Trinajstić information content (AvgIpc) is 2.82. The van der Waals surface area contributed by atoms with Crippen molar-refractivity contribution in [3.63, 3.8) is 0 Å². The van der Waals surface area contributed by atoms with Crippen molar-refractivity contribution in [2.45, 2.75) is 56.7 Å². The summed E-state index contributed by atoms with van der Waals surface area (Å²) in [5.74, 6) is 0.776. The van der Waals surface area contributed by atoms with E-state index >= 15 is 0 Å². The highest BCUT2D eigenvalue weighted by Crippen LogP contribution is 2.32. The predicted octanol–water partition coefficient (Wildman–Crippen LogP) is 0.254. The molecular formula is C14H23N3O2. The van der Waals surface area contributed by atoms with Crippen LogP contribution >= 0.6 is 0 Å². The molecule has 3 atom stereocenters. The van der Waals surface area contributed by atoms with Gasteiger partial charge in [0, 0.05) is 38.5 Å². The minimum Gasteiger partial charge on any atom is -0.351 e. The highest BCUT2D eigenvalue weighted by atomic mass is 16.2. The summed E-state index contributed by atoms with van der Waals surface area (Å²) in [7, 11) is 1.79. The number of likely N-dealkylation sites (N-methyl/N-ethyl adjacent to an activating group) is 1. The van der Waals surface area contributed by atoms with Crippen LogP contribution in [0.2, 0.25) is 0 Å². The number of carbonyl (C=O) groups is 2. The molecule has 0 radical (unpaired) electrons. The first-order chi connectivity index (χ1) is 9.10. The Kier molecular flexibility index (Phi) is 3.48. The van der Waals surface area contributed by atoms with Gasteiger partial charge in [-0.1, -0.05) is 0 Å². The molecule has 3 fully saturated rings. The summed E-state index contributed by atoms with van der Waals surface area (Å²) in [6, 6.07) is 1.29. The average molecular weight is 265 g/mol. The molecule has 3 unspecified atom stereocenters. The topological polar surface area (TPSA) is 61.4 Å². The van der Waals surface area contributed by atoms with Crippen LogP contribution in [-0.2, 0) is 9.59 Å². The second-order valence-corrected chi connectivity index (χ2v) is 6.42. The van der Waals surface area contributed by atoms with E-state index in [0.29, 0.717) is 37.4 Å². The summed E-state index contributed by atoms with van der Waals surface area (Å²) in [4.78, 5) is 25.2. The van der Waals surface area contributed by atoms with E-state index in [2.05, 4.69) is 10.6 Å². The van der Waals surface area contributed by atoms with Crippen LogP contribution < -0.4 is 10.6 Å². The molecule has 0 spiro atoms. The van der Waals surface area contributed by atoms with Crippen molar-refractivity contribution in [1.29, 1.82) is 0 Å². The highest BCUT2D eigenvalue weighted by molar-refractivity contribution is 5.82. The van der Waals surface area contributed by atoms with Gasteiger partial charge in [-0.25, -0.2) is 0 Å². The Morgan fingerprint density at radius 1 is 1.37 bits per heavy atom. The van der Waals surface area contributed by atoms with Crippen molar-refractivity contribution in [3.8, 4) is 0 Å². The number of rotatable bonds is 3. The molecule has 5 nitrogen and oxygen atoms in total. The lowest BCUT2D eigenvalue weighted by molar-refractivity contribution is -0.126. The number of nitrogens with one attached hydrogen (secondary N) is 2.